The van der Waals surface area contributed by atoms with E-state index in [1.54, 1.807) is 11.8 Å². The number of hydrogen-bond acceptors (Lipinski definition) is 4. The van der Waals surface area contributed by atoms with Crippen LogP contribution >= 0.6 is 0 Å². The number of benzene rings is 2. The topological polar surface area (TPSA) is 55.8 Å². The van der Waals surface area contributed by atoms with E-state index in [4.69, 9.17) is 9.47 Å². The average molecular weight is 349 g/mol. The Morgan fingerprint density at radius 3 is 2.92 bits per heavy atom. The Morgan fingerprint density at radius 2 is 2.08 bits per heavy atom. The van der Waals surface area contributed by atoms with Crippen molar-refractivity contribution in [1.82, 2.24) is 0 Å². The molecule has 0 aliphatic carbocycles. The summed E-state index contributed by atoms with van der Waals surface area (Å²) in [6, 6.07) is 13.9. The Morgan fingerprint density at radius 1 is 1.27 bits per heavy atom. The summed E-state index contributed by atoms with van der Waals surface area (Å²) in [5, 5.41) is 2.10. The molecule has 1 amide bonds. The number of fused-ring (bicyclic) bond motifs is 2. The molecule has 1 spiro atoms. The summed E-state index contributed by atoms with van der Waals surface area (Å²) in [6.45, 7) is 2.50. The smallest absolute Gasteiger partial charge is 0.312 e. The van der Waals surface area contributed by atoms with Gasteiger partial charge in [0.25, 0.3) is 0 Å². The average Bonchev–Trinajstić information content (AvgIpc) is 3.30. The molecule has 5 rings (SSSR count). The molecule has 3 aliphatic rings. The second-order valence-corrected chi connectivity index (χ2v) is 7.07. The van der Waals surface area contributed by atoms with Crippen molar-refractivity contribution in [3.63, 3.8) is 0 Å². The molecule has 0 aromatic heterocycles. The van der Waals surface area contributed by atoms with Crippen LogP contribution in [0.5, 0.6) is 0 Å². The fourth-order valence-electron chi connectivity index (χ4n) is 4.65. The number of anilines is 1. The number of carbonyl (C=O) groups is 2. The minimum atomic E-state index is -0.726. The van der Waals surface area contributed by atoms with Crippen molar-refractivity contribution in [2.24, 2.45) is 11.8 Å². The molecule has 0 radical (unpaired) electrons. The fourth-order valence-corrected chi connectivity index (χ4v) is 4.65. The van der Waals surface area contributed by atoms with Gasteiger partial charge in [-0.2, -0.15) is 0 Å². The van der Waals surface area contributed by atoms with Gasteiger partial charge in [-0.1, -0.05) is 48.6 Å². The molecule has 2 aromatic carbocycles. The number of esters is 1. The predicted octanol–water partition coefficient (Wildman–Crippen LogP) is 2.69. The zero-order valence-electron chi connectivity index (χ0n) is 14.4. The van der Waals surface area contributed by atoms with Crippen LogP contribution in [0.3, 0.4) is 0 Å². The number of hydrogen-bond donors (Lipinski definition) is 0. The van der Waals surface area contributed by atoms with Crippen LogP contribution in [0.25, 0.3) is 10.8 Å². The maximum Gasteiger partial charge on any atom is 0.312 e. The standard InChI is InChI=1S/C21H19NO4/c1-2-25-20(24)17-16-10-11-21(26-16)12-22(19(23)18(17)21)15-9-5-7-13-6-3-4-8-14(13)15/h3-11,16-18H,2,12H2,1H3/t16-,17?,18+,21-/m1/s1. The van der Waals surface area contributed by atoms with Crippen molar-refractivity contribution >= 4 is 28.3 Å². The molecular weight excluding hydrogens is 330 g/mol. The van der Waals surface area contributed by atoms with Gasteiger partial charge in [-0.3, -0.25) is 9.59 Å². The van der Waals surface area contributed by atoms with E-state index < -0.39 is 17.4 Å². The molecule has 26 heavy (non-hydrogen) atoms. The Balaban J connectivity index is 1.58. The van der Waals surface area contributed by atoms with Gasteiger partial charge in [-0.25, -0.2) is 0 Å². The third-order valence-corrected chi connectivity index (χ3v) is 5.72. The van der Waals surface area contributed by atoms with Crippen LogP contribution in [0.1, 0.15) is 6.92 Å². The van der Waals surface area contributed by atoms with Gasteiger partial charge in [-0.15, -0.1) is 0 Å². The lowest BCUT2D eigenvalue weighted by atomic mass is 9.77. The SMILES string of the molecule is CCOC(=O)C1[C@H]2C(=O)N(c3cccc4ccccc34)C[C@]23C=C[C@H]1O3. The van der Waals surface area contributed by atoms with Crippen LogP contribution in [0, 0.1) is 11.8 Å². The van der Waals surface area contributed by atoms with E-state index in [0.29, 0.717) is 13.2 Å². The molecule has 3 heterocycles. The van der Waals surface area contributed by atoms with Crippen LogP contribution in [0.15, 0.2) is 54.6 Å². The largest absolute Gasteiger partial charge is 0.466 e. The Hall–Kier alpha value is -2.66. The van der Waals surface area contributed by atoms with Crippen molar-refractivity contribution in [2.75, 3.05) is 18.1 Å². The predicted molar refractivity (Wildman–Crippen MR) is 96.7 cm³/mol. The van der Waals surface area contributed by atoms with Crippen molar-refractivity contribution in [3.8, 4) is 0 Å². The van der Waals surface area contributed by atoms with E-state index >= 15 is 0 Å². The first kappa shape index (κ1) is 15.6. The van der Waals surface area contributed by atoms with Crippen LogP contribution in [0.2, 0.25) is 0 Å². The molecule has 132 valence electrons. The van der Waals surface area contributed by atoms with Gasteiger partial charge >= 0.3 is 5.97 Å². The normalized spacial score (nSPS) is 31.7. The molecule has 5 nitrogen and oxygen atoms in total. The van der Waals surface area contributed by atoms with Gasteiger partial charge in [0, 0.05) is 5.39 Å². The van der Waals surface area contributed by atoms with Crippen LogP contribution < -0.4 is 4.90 Å². The van der Waals surface area contributed by atoms with Crippen LogP contribution in [0.4, 0.5) is 5.69 Å². The molecule has 0 N–H and O–H groups in total. The summed E-state index contributed by atoms with van der Waals surface area (Å²) in [7, 11) is 0. The second kappa shape index (κ2) is 5.42. The van der Waals surface area contributed by atoms with Gasteiger partial charge < -0.3 is 14.4 Å². The second-order valence-electron chi connectivity index (χ2n) is 7.07. The number of nitrogens with zero attached hydrogens (tertiary/aromatic N) is 1. The minimum Gasteiger partial charge on any atom is -0.466 e. The molecule has 2 fully saturated rings. The van der Waals surface area contributed by atoms with E-state index in [0.717, 1.165) is 16.5 Å². The van der Waals surface area contributed by atoms with E-state index in [1.165, 1.54) is 0 Å². The van der Waals surface area contributed by atoms with Gasteiger partial charge in [0.1, 0.15) is 11.5 Å². The van der Waals surface area contributed by atoms with E-state index in [9.17, 15) is 9.59 Å². The van der Waals surface area contributed by atoms with Gasteiger partial charge in [0.2, 0.25) is 5.91 Å². The summed E-state index contributed by atoms with van der Waals surface area (Å²) in [4.78, 5) is 27.6. The van der Waals surface area contributed by atoms with Crippen molar-refractivity contribution in [1.29, 1.82) is 0 Å². The van der Waals surface area contributed by atoms with Gasteiger partial charge in [0.15, 0.2) is 0 Å². The Kier molecular flexibility index (Phi) is 3.25. The van der Waals surface area contributed by atoms with Crippen LogP contribution in [-0.2, 0) is 19.1 Å². The summed E-state index contributed by atoms with van der Waals surface area (Å²) < 4.78 is 11.3. The minimum absolute atomic E-state index is 0.0637. The van der Waals surface area contributed by atoms with Crippen molar-refractivity contribution < 1.29 is 19.1 Å². The number of rotatable bonds is 3. The third-order valence-electron chi connectivity index (χ3n) is 5.72. The molecule has 2 aromatic rings. The first-order valence-electron chi connectivity index (χ1n) is 8.97. The van der Waals surface area contributed by atoms with Crippen molar-refractivity contribution in [2.45, 2.75) is 18.6 Å². The highest BCUT2D eigenvalue weighted by atomic mass is 16.6. The van der Waals surface area contributed by atoms with Crippen molar-refractivity contribution in [3.05, 3.63) is 54.6 Å². The molecule has 0 saturated carbocycles. The highest BCUT2D eigenvalue weighted by Gasteiger charge is 2.67. The zero-order valence-corrected chi connectivity index (χ0v) is 14.4. The molecule has 5 heteroatoms. The maximum absolute atomic E-state index is 13.3. The monoisotopic (exact) mass is 349 g/mol. The first-order valence-corrected chi connectivity index (χ1v) is 8.97. The Bertz CT molecular complexity index is 947. The van der Waals surface area contributed by atoms with Crippen LogP contribution in [-0.4, -0.2) is 36.7 Å². The zero-order chi connectivity index (χ0) is 17.9. The highest BCUT2D eigenvalue weighted by molar-refractivity contribution is 6.08. The maximum atomic E-state index is 13.3. The third kappa shape index (κ3) is 1.95. The summed E-state index contributed by atoms with van der Waals surface area (Å²) in [5.74, 6) is -1.49. The number of amides is 1. The molecule has 4 atom stereocenters. The lowest BCUT2D eigenvalue weighted by Crippen LogP contribution is -2.40. The van der Waals surface area contributed by atoms with Gasteiger partial charge in [-0.05, 0) is 18.4 Å². The van der Waals surface area contributed by atoms with E-state index in [2.05, 4.69) is 0 Å². The number of ether oxygens (including phenoxy) is 2. The summed E-state index contributed by atoms with van der Waals surface area (Å²) in [6.07, 6.45) is 3.50. The molecule has 3 aliphatic heterocycles. The van der Waals surface area contributed by atoms with Gasteiger partial charge in [0.05, 0.1) is 30.9 Å². The fraction of sp³-hybridized carbons (Fsp3) is 0.333. The quantitative estimate of drug-likeness (QED) is 0.631. The number of carbonyl (C=O) groups excluding carboxylic acids is 2. The lowest BCUT2D eigenvalue weighted by molar-refractivity contribution is -0.151. The highest BCUT2D eigenvalue weighted by Crippen LogP contribution is 2.53. The molecule has 2 bridgehead atoms. The molecule has 2 saturated heterocycles. The molecular formula is C21H19NO4. The van der Waals surface area contributed by atoms with E-state index in [1.807, 2.05) is 54.6 Å². The summed E-state index contributed by atoms with van der Waals surface area (Å²) in [5.41, 5.74) is 0.135. The van der Waals surface area contributed by atoms with E-state index in [-0.39, 0.29) is 18.0 Å². The molecule has 1 unspecified atom stereocenters. The lowest BCUT2D eigenvalue weighted by Gasteiger charge is -2.22. The summed E-state index contributed by atoms with van der Waals surface area (Å²) >= 11 is 0. The Labute approximate surface area is 151 Å². The first-order chi connectivity index (χ1) is 12.6.